The lowest BCUT2D eigenvalue weighted by Crippen LogP contribution is -2.99. The Morgan fingerprint density at radius 3 is 2.71 bits per heavy atom. The molecule has 148 valence electrons. The van der Waals surface area contributed by atoms with Crippen LogP contribution in [0.5, 0.6) is 5.75 Å². The molecule has 2 heterocycles. The van der Waals surface area contributed by atoms with Gasteiger partial charge in [-0.05, 0) is 38.4 Å². The van der Waals surface area contributed by atoms with E-state index in [0.717, 1.165) is 35.2 Å². The highest BCUT2D eigenvalue weighted by Crippen LogP contribution is 2.43. The maximum Gasteiger partial charge on any atom is 0.190 e. The molecule has 1 aliphatic rings. The minimum atomic E-state index is -0.998. The highest BCUT2D eigenvalue weighted by atomic mass is 35.5. The van der Waals surface area contributed by atoms with Gasteiger partial charge in [-0.2, -0.15) is 5.23 Å². The number of aliphatic imine (C=N–C) groups is 1. The number of nitrogens with zero attached hydrogens (tertiary/aromatic N) is 4. The molecule has 0 bridgehead atoms. The summed E-state index contributed by atoms with van der Waals surface area (Å²) in [6.07, 6.45) is 1.81. The minimum absolute atomic E-state index is 0. The number of anilines is 1. The highest BCUT2D eigenvalue weighted by molar-refractivity contribution is 6.18. The van der Waals surface area contributed by atoms with Gasteiger partial charge in [-0.25, -0.2) is 15.2 Å². The van der Waals surface area contributed by atoms with Crippen LogP contribution in [0.2, 0.25) is 0 Å². The number of rotatable bonds is 5. The van der Waals surface area contributed by atoms with Crippen LogP contribution in [0.4, 0.5) is 17.1 Å². The van der Waals surface area contributed by atoms with Crippen molar-refractivity contribution in [2.45, 2.75) is 0 Å². The fraction of sp³-hybridized carbons (Fsp3) is 0.263. The van der Waals surface area contributed by atoms with Crippen molar-refractivity contribution in [2.75, 3.05) is 39.2 Å². The summed E-state index contributed by atoms with van der Waals surface area (Å²) in [4.78, 5) is 13.5. The summed E-state index contributed by atoms with van der Waals surface area (Å²) in [5.41, 5.74) is 2.97. The van der Waals surface area contributed by atoms with Gasteiger partial charge in [0.1, 0.15) is 11.3 Å². The third kappa shape index (κ3) is 3.36. The first-order valence-electron chi connectivity index (χ1n) is 8.63. The lowest BCUT2D eigenvalue weighted by Gasteiger charge is -2.28. The molecule has 1 aliphatic heterocycles. The van der Waals surface area contributed by atoms with Crippen molar-refractivity contribution in [3.63, 3.8) is 0 Å². The first kappa shape index (κ1) is 20.2. The van der Waals surface area contributed by atoms with E-state index in [1.807, 2.05) is 43.3 Å². The molecule has 0 amide bonds. The SMILES string of the molecule is COc1ccc2nc3c([NH+]([O-])O)ccc4c3c(c2c1)N=CN4CCN(C)C.Cl. The normalized spacial score (nSPS) is 13.9. The van der Waals surface area contributed by atoms with E-state index in [0.29, 0.717) is 16.8 Å². The predicted octanol–water partition coefficient (Wildman–Crippen LogP) is 2.26. The molecule has 8 nitrogen and oxygen atoms in total. The van der Waals surface area contributed by atoms with Crippen LogP contribution in [0.25, 0.3) is 21.8 Å². The van der Waals surface area contributed by atoms with E-state index in [1.165, 1.54) is 0 Å². The molecule has 1 unspecified atom stereocenters. The van der Waals surface area contributed by atoms with Gasteiger partial charge in [0.15, 0.2) is 5.69 Å². The molecule has 28 heavy (non-hydrogen) atoms. The smallest absolute Gasteiger partial charge is 0.190 e. The van der Waals surface area contributed by atoms with Gasteiger partial charge in [0, 0.05) is 24.5 Å². The first-order valence-corrected chi connectivity index (χ1v) is 8.63. The summed E-state index contributed by atoms with van der Waals surface area (Å²) in [5.74, 6) is 0.709. The Morgan fingerprint density at radius 2 is 2.04 bits per heavy atom. The third-order valence-corrected chi connectivity index (χ3v) is 4.74. The summed E-state index contributed by atoms with van der Waals surface area (Å²) in [7, 11) is 5.64. The molecule has 0 saturated carbocycles. The zero-order valence-electron chi connectivity index (χ0n) is 15.8. The molecular weight excluding hydrogens is 382 g/mol. The molecule has 1 atom stereocenters. The van der Waals surface area contributed by atoms with Gasteiger partial charge >= 0.3 is 0 Å². The van der Waals surface area contributed by atoms with Crippen molar-refractivity contribution < 1.29 is 15.2 Å². The maximum atomic E-state index is 11.8. The van der Waals surface area contributed by atoms with Crippen molar-refractivity contribution in [3.05, 3.63) is 35.5 Å². The number of ether oxygens (including phenoxy) is 1. The number of quaternary nitrogens is 1. The lowest BCUT2D eigenvalue weighted by molar-refractivity contribution is -0.990. The van der Waals surface area contributed by atoms with E-state index >= 15 is 0 Å². The van der Waals surface area contributed by atoms with Crippen LogP contribution in [0.1, 0.15) is 0 Å². The van der Waals surface area contributed by atoms with Crippen LogP contribution in [0.3, 0.4) is 0 Å². The highest BCUT2D eigenvalue weighted by Gasteiger charge is 2.24. The molecule has 9 heteroatoms. The molecule has 1 aromatic heterocycles. The third-order valence-electron chi connectivity index (χ3n) is 4.74. The fourth-order valence-electron chi connectivity index (χ4n) is 3.34. The Kier molecular flexibility index (Phi) is 5.69. The first-order chi connectivity index (χ1) is 13.0. The number of pyridine rings is 1. The zero-order chi connectivity index (χ0) is 19.1. The number of hydrogen-bond acceptors (Lipinski definition) is 7. The summed E-state index contributed by atoms with van der Waals surface area (Å²) in [5, 5.41) is 22.0. The van der Waals surface area contributed by atoms with Gasteiger partial charge in [-0.3, -0.25) is 0 Å². The van der Waals surface area contributed by atoms with Crippen LogP contribution < -0.4 is 14.9 Å². The monoisotopic (exact) mass is 403 g/mol. The Morgan fingerprint density at radius 1 is 1.25 bits per heavy atom. The average molecular weight is 404 g/mol. The number of methoxy groups -OCH3 is 1. The van der Waals surface area contributed by atoms with Crippen molar-refractivity contribution in [1.29, 1.82) is 0 Å². The number of aromatic nitrogens is 1. The number of fused-ring (bicyclic) bond motifs is 2. The standard InChI is InChI=1S/C19H21N5O3.ClH/c1-22(2)8-9-23-11-20-18-13-10-12(27-3)4-5-14(13)21-19-16(24(25)26)7-6-15(23)17(18)19;/h4-7,10-11,24-25H,8-9H2,1-3H3;1H. The van der Waals surface area contributed by atoms with Crippen molar-refractivity contribution in [2.24, 2.45) is 4.99 Å². The fourth-order valence-corrected chi connectivity index (χ4v) is 3.34. The number of hydrogen-bond donors (Lipinski definition) is 2. The van der Waals surface area contributed by atoms with Crippen molar-refractivity contribution in [1.82, 2.24) is 9.88 Å². The molecule has 0 saturated heterocycles. The van der Waals surface area contributed by atoms with Crippen LogP contribution in [-0.2, 0) is 0 Å². The Bertz CT molecular complexity index is 1050. The summed E-state index contributed by atoms with van der Waals surface area (Å²) in [6.45, 7) is 1.59. The molecule has 3 aromatic rings. The van der Waals surface area contributed by atoms with Crippen molar-refractivity contribution >= 4 is 57.6 Å². The van der Waals surface area contributed by atoms with Crippen molar-refractivity contribution in [3.8, 4) is 5.75 Å². The molecule has 2 N–H and O–H groups in total. The molecule has 2 aromatic carbocycles. The minimum Gasteiger partial charge on any atom is -0.595 e. The van der Waals surface area contributed by atoms with E-state index in [9.17, 15) is 10.4 Å². The number of benzene rings is 2. The second-order valence-electron chi connectivity index (χ2n) is 6.75. The Labute approximate surface area is 168 Å². The van der Waals surface area contributed by atoms with Crippen LogP contribution in [-0.4, -0.2) is 55.7 Å². The van der Waals surface area contributed by atoms with Crippen LogP contribution in [0.15, 0.2) is 35.3 Å². The van der Waals surface area contributed by atoms with Crippen LogP contribution >= 0.6 is 12.4 Å². The van der Waals surface area contributed by atoms with Gasteiger partial charge in [-0.15, -0.1) is 12.4 Å². The lowest BCUT2D eigenvalue weighted by atomic mass is 10.0. The van der Waals surface area contributed by atoms with Gasteiger partial charge < -0.3 is 19.7 Å². The van der Waals surface area contributed by atoms with Gasteiger partial charge in [0.25, 0.3) is 0 Å². The van der Waals surface area contributed by atoms with E-state index < -0.39 is 5.23 Å². The van der Waals surface area contributed by atoms with E-state index in [4.69, 9.17) is 4.74 Å². The second kappa shape index (κ2) is 7.86. The Hall–Kier alpha value is -2.49. The van der Waals surface area contributed by atoms with Gasteiger partial charge in [0.05, 0.1) is 35.7 Å². The summed E-state index contributed by atoms with van der Waals surface area (Å²) in [6, 6.07) is 8.99. The zero-order valence-corrected chi connectivity index (χ0v) is 16.7. The summed E-state index contributed by atoms with van der Waals surface area (Å²) >= 11 is 0. The molecule has 0 radical (unpaired) electrons. The Balaban J connectivity index is 0.00000225. The molecule has 4 rings (SSSR count). The second-order valence-corrected chi connectivity index (χ2v) is 6.75. The topological polar surface area (TPSA) is 88.7 Å². The molecule has 0 spiro atoms. The van der Waals surface area contributed by atoms with E-state index in [2.05, 4.69) is 14.9 Å². The number of halogens is 1. The van der Waals surface area contributed by atoms with Gasteiger partial charge in [-0.1, -0.05) is 0 Å². The molecule has 0 aliphatic carbocycles. The van der Waals surface area contributed by atoms with Gasteiger partial charge in [0.2, 0.25) is 0 Å². The van der Waals surface area contributed by atoms with E-state index in [1.54, 1.807) is 19.5 Å². The van der Waals surface area contributed by atoms with Crippen LogP contribution in [0, 0.1) is 5.21 Å². The number of likely N-dealkylation sites (N-methyl/N-ethyl adjacent to an activating group) is 1. The average Bonchev–Trinajstić information content (AvgIpc) is 2.66. The van der Waals surface area contributed by atoms with E-state index in [-0.39, 0.29) is 18.1 Å². The number of nitrogens with one attached hydrogen (secondary N) is 1. The predicted molar refractivity (Wildman–Crippen MR) is 113 cm³/mol. The summed E-state index contributed by atoms with van der Waals surface area (Å²) < 4.78 is 5.34. The quantitative estimate of drug-likeness (QED) is 0.502. The maximum absolute atomic E-state index is 11.8. The molecule has 0 fully saturated rings. The largest absolute Gasteiger partial charge is 0.595 e. The molecular formula is C19H22ClN5O3.